The number of rotatable bonds is 36. The maximum absolute atomic E-state index is 13.7. The van der Waals surface area contributed by atoms with Gasteiger partial charge in [0.05, 0.1) is 13.0 Å². The standard InChI is InChI=1S/C50H79NO12S/c1-2-3-4-5-6-7-8-15-26-35-42(60-45(54)36-27-16-11-9-13-20-29-40-31-22-18-23-32-40)38-44(53)51-47-49(48(63-64(57,58)59)43(39-52)61-50(47)56)62-46(55)37-28-17-12-10-14-21-30-41-33-24-19-25-34-41/h18-19,22-25,31-34,42-43,47-50,52,56H,2-17,20-21,26-30,35-39H2,1H3,(H,51,53)(H,57,58,59)/t42?,43-,47-,48-,49-,50?/m1/s1. The highest BCUT2D eigenvalue weighted by atomic mass is 32.3. The van der Waals surface area contributed by atoms with Crippen LogP contribution in [0.2, 0.25) is 0 Å². The van der Waals surface area contributed by atoms with Crippen LogP contribution in [0.15, 0.2) is 60.7 Å². The van der Waals surface area contributed by atoms with E-state index in [1.807, 2.05) is 24.3 Å². The molecule has 1 heterocycles. The molecule has 0 spiro atoms. The second-order valence-corrected chi connectivity index (χ2v) is 18.5. The number of esters is 2. The maximum Gasteiger partial charge on any atom is 0.397 e. The van der Waals surface area contributed by atoms with Gasteiger partial charge in [-0.3, -0.25) is 18.9 Å². The number of benzene rings is 2. The molecular formula is C50H79NO12S. The molecule has 14 heteroatoms. The molecule has 2 aromatic carbocycles. The molecule has 0 radical (unpaired) electrons. The zero-order valence-corrected chi connectivity index (χ0v) is 39.3. The fourth-order valence-corrected chi connectivity index (χ4v) is 8.82. The van der Waals surface area contributed by atoms with E-state index in [0.717, 1.165) is 103 Å². The Balaban J connectivity index is 1.55. The summed E-state index contributed by atoms with van der Waals surface area (Å²) in [7, 11) is -5.17. The lowest BCUT2D eigenvalue weighted by Crippen LogP contribution is -2.66. The minimum Gasteiger partial charge on any atom is -0.462 e. The van der Waals surface area contributed by atoms with Crippen LogP contribution in [0.4, 0.5) is 0 Å². The number of amides is 1. The number of aliphatic hydroxyl groups is 2. The van der Waals surface area contributed by atoms with Gasteiger partial charge >= 0.3 is 22.3 Å². The van der Waals surface area contributed by atoms with Crippen LogP contribution >= 0.6 is 0 Å². The van der Waals surface area contributed by atoms with Gasteiger partial charge in [0.1, 0.15) is 24.4 Å². The molecule has 2 aromatic rings. The molecule has 0 bridgehead atoms. The average molecular weight is 918 g/mol. The summed E-state index contributed by atoms with van der Waals surface area (Å²) in [5.74, 6) is -1.81. The first kappa shape index (κ1) is 54.9. The Hall–Kier alpha value is -3.40. The number of hydrogen-bond acceptors (Lipinski definition) is 11. The molecule has 362 valence electrons. The van der Waals surface area contributed by atoms with Crippen molar-refractivity contribution in [3.63, 3.8) is 0 Å². The number of carbonyl (C=O) groups is 3. The Morgan fingerprint density at radius 1 is 0.656 bits per heavy atom. The van der Waals surface area contributed by atoms with E-state index < -0.39 is 71.6 Å². The van der Waals surface area contributed by atoms with Crippen molar-refractivity contribution in [3.05, 3.63) is 71.8 Å². The fraction of sp³-hybridized carbons (Fsp3) is 0.700. The highest BCUT2D eigenvalue weighted by Gasteiger charge is 2.50. The minimum absolute atomic E-state index is 0.0362. The predicted molar refractivity (Wildman–Crippen MR) is 247 cm³/mol. The van der Waals surface area contributed by atoms with Crippen LogP contribution in [-0.4, -0.2) is 84.4 Å². The Morgan fingerprint density at radius 3 is 1.62 bits per heavy atom. The van der Waals surface area contributed by atoms with Gasteiger partial charge in [0, 0.05) is 12.8 Å². The van der Waals surface area contributed by atoms with Crippen LogP contribution in [-0.2, 0) is 56.0 Å². The quantitative estimate of drug-likeness (QED) is 0.0288. The molecule has 64 heavy (non-hydrogen) atoms. The number of hydrogen-bond donors (Lipinski definition) is 4. The second kappa shape index (κ2) is 33.1. The lowest BCUT2D eigenvalue weighted by Gasteiger charge is -2.43. The van der Waals surface area contributed by atoms with Crippen molar-refractivity contribution in [1.82, 2.24) is 5.32 Å². The van der Waals surface area contributed by atoms with Gasteiger partial charge in [-0.1, -0.05) is 170 Å². The summed E-state index contributed by atoms with van der Waals surface area (Å²) in [6, 6.07) is 19.1. The Bertz CT molecular complexity index is 1650. The molecule has 1 aliphatic heterocycles. The number of aryl methyl sites for hydroxylation is 2. The molecule has 3 rings (SSSR count). The summed E-state index contributed by atoms with van der Waals surface area (Å²) in [6.07, 6.45) is 15.7. The Kier molecular flexibility index (Phi) is 28.4. The van der Waals surface area contributed by atoms with E-state index in [-0.39, 0.29) is 19.3 Å². The van der Waals surface area contributed by atoms with Crippen LogP contribution in [0.25, 0.3) is 0 Å². The summed E-state index contributed by atoms with van der Waals surface area (Å²) >= 11 is 0. The Labute approximate surface area is 383 Å². The monoisotopic (exact) mass is 918 g/mol. The third-order valence-corrected chi connectivity index (χ3v) is 12.4. The first-order chi connectivity index (χ1) is 31.0. The van der Waals surface area contributed by atoms with Gasteiger partial charge in [0.25, 0.3) is 0 Å². The molecule has 6 atom stereocenters. The third-order valence-electron chi connectivity index (χ3n) is 11.9. The van der Waals surface area contributed by atoms with Gasteiger partial charge in [-0.25, -0.2) is 4.18 Å². The van der Waals surface area contributed by atoms with Crippen molar-refractivity contribution >= 4 is 28.2 Å². The summed E-state index contributed by atoms with van der Waals surface area (Å²) in [5.41, 5.74) is 2.64. The molecule has 2 unspecified atom stereocenters. The molecule has 4 N–H and O–H groups in total. The van der Waals surface area contributed by atoms with E-state index in [4.69, 9.17) is 18.4 Å². The SMILES string of the molecule is CCCCCCCCCCCC(CC(=O)N[C@H]1C(O)O[C@H](CO)[C@@H](OS(=O)(=O)O)[C@@H]1OC(=O)CCCCCCCCc1ccccc1)OC(=O)CCCCCCCCc1ccccc1. The molecule has 1 aliphatic rings. The molecule has 0 aliphatic carbocycles. The lowest BCUT2D eigenvalue weighted by atomic mass is 9.96. The molecule has 1 saturated heterocycles. The summed E-state index contributed by atoms with van der Waals surface area (Å²) in [6.45, 7) is 1.33. The number of nitrogens with one attached hydrogen (secondary N) is 1. The molecule has 0 saturated carbocycles. The van der Waals surface area contributed by atoms with Gasteiger partial charge in [0.15, 0.2) is 12.4 Å². The van der Waals surface area contributed by atoms with Crippen LogP contribution < -0.4 is 5.32 Å². The number of aliphatic hydroxyl groups excluding tert-OH is 2. The lowest BCUT2D eigenvalue weighted by molar-refractivity contribution is -0.254. The van der Waals surface area contributed by atoms with Gasteiger partial charge in [-0.15, -0.1) is 0 Å². The third kappa shape index (κ3) is 24.8. The van der Waals surface area contributed by atoms with Crippen molar-refractivity contribution in [2.24, 2.45) is 0 Å². The molecule has 0 aromatic heterocycles. The first-order valence-electron chi connectivity index (χ1n) is 24.3. The zero-order valence-electron chi connectivity index (χ0n) is 38.5. The van der Waals surface area contributed by atoms with Crippen LogP contribution in [0.3, 0.4) is 0 Å². The predicted octanol–water partition coefficient (Wildman–Crippen LogP) is 9.45. The number of unbranched alkanes of at least 4 members (excludes halogenated alkanes) is 18. The van der Waals surface area contributed by atoms with E-state index in [1.165, 1.54) is 43.2 Å². The number of carbonyl (C=O) groups excluding carboxylic acids is 3. The fourth-order valence-electron chi connectivity index (χ4n) is 8.31. The van der Waals surface area contributed by atoms with E-state index in [9.17, 15) is 37.6 Å². The highest BCUT2D eigenvalue weighted by molar-refractivity contribution is 7.80. The van der Waals surface area contributed by atoms with E-state index in [2.05, 4.69) is 48.6 Å². The van der Waals surface area contributed by atoms with Gasteiger partial charge < -0.3 is 29.7 Å². The van der Waals surface area contributed by atoms with Crippen molar-refractivity contribution in [2.75, 3.05) is 6.61 Å². The first-order valence-corrected chi connectivity index (χ1v) is 25.7. The van der Waals surface area contributed by atoms with Crippen LogP contribution in [0, 0.1) is 0 Å². The molecule has 13 nitrogen and oxygen atoms in total. The normalized spacial score (nSPS) is 19.2. The minimum atomic E-state index is -5.17. The molecule has 1 amide bonds. The van der Waals surface area contributed by atoms with Crippen molar-refractivity contribution in [3.8, 4) is 0 Å². The smallest absolute Gasteiger partial charge is 0.397 e. The van der Waals surface area contributed by atoms with Crippen LogP contribution in [0.1, 0.15) is 179 Å². The van der Waals surface area contributed by atoms with Crippen molar-refractivity contribution in [1.29, 1.82) is 0 Å². The van der Waals surface area contributed by atoms with E-state index in [0.29, 0.717) is 19.3 Å². The highest BCUT2D eigenvalue weighted by Crippen LogP contribution is 2.28. The average Bonchev–Trinajstić information content (AvgIpc) is 3.27. The summed E-state index contributed by atoms with van der Waals surface area (Å²) in [5, 5.41) is 23.6. The summed E-state index contributed by atoms with van der Waals surface area (Å²) in [4.78, 5) is 40.0. The molecule has 1 fully saturated rings. The van der Waals surface area contributed by atoms with Gasteiger partial charge in [0.2, 0.25) is 5.91 Å². The molecular weight excluding hydrogens is 839 g/mol. The number of ether oxygens (including phenoxy) is 3. The van der Waals surface area contributed by atoms with E-state index >= 15 is 0 Å². The van der Waals surface area contributed by atoms with Crippen molar-refractivity contribution in [2.45, 2.75) is 217 Å². The maximum atomic E-state index is 13.7. The zero-order chi connectivity index (χ0) is 46.3. The van der Waals surface area contributed by atoms with E-state index in [1.54, 1.807) is 0 Å². The van der Waals surface area contributed by atoms with Crippen molar-refractivity contribution < 1.29 is 56.0 Å². The largest absolute Gasteiger partial charge is 0.462 e. The van der Waals surface area contributed by atoms with Gasteiger partial charge in [-0.05, 0) is 62.5 Å². The van der Waals surface area contributed by atoms with Crippen LogP contribution in [0.5, 0.6) is 0 Å². The summed E-state index contributed by atoms with van der Waals surface area (Å²) < 4.78 is 55.3. The topological polar surface area (TPSA) is 195 Å². The van der Waals surface area contributed by atoms with Gasteiger partial charge in [-0.2, -0.15) is 8.42 Å². The Morgan fingerprint density at radius 2 is 1.12 bits per heavy atom. The second-order valence-electron chi connectivity index (χ2n) is 17.4.